The average Bonchev–Trinajstić information content (AvgIpc) is 2.63. The molecular weight excluding hydrogens is 294 g/mol. The van der Waals surface area contributed by atoms with E-state index in [9.17, 15) is 0 Å². The molecule has 3 aromatic rings. The molecule has 0 saturated carbocycles. The summed E-state index contributed by atoms with van der Waals surface area (Å²) in [6, 6.07) is 24.5. The molecule has 0 saturated heterocycles. The number of nitrogens with one attached hydrogen (secondary N) is 2. The van der Waals surface area contributed by atoms with E-state index in [4.69, 9.17) is 5.73 Å². The molecule has 0 heterocycles. The number of anilines is 3. The Kier molecular flexibility index (Phi) is 4.52. The molecule has 3 nitrogen and oxygen atoms in total. The van der Waals surface area contributed by atoms with E-state index in [0.29, 0.717) is 5.69 Å². The van der Waals surface area contributed by atoms with Crippen molar-refractivity contribution in [1.29, 1.82) is 0 Å². The van der Waals surface area contributed by atoms with E-state index in [2.05, 4.69) is 53.6 Å². The molecular formula is C21H21N3. The van der Waals surface area contributed by atoms with E-state index in [1.807, 2.05) is 43.4 Å². The molecule has 0 atom stereocenters. The van der Waals surface area contributed by atoms with Crippen LogP contribution in [0.5, 0.6) is 0 Å². The van der Waals surface area contributed by atoms with Gasteiger partial charge in [-0.3, -0.25) is 0 Å². The molecule has 120 valence electrons. The molecule has 24 heavy (non-hydrogen) atoms. The molecule has 0 spiro atoms. The van der Waals surface area contributed by atoms with Crippen LogP contribution >= 0.6 is 0 Å². The highest BCUT2D eigenvalue weighted by molar-refractivity contribution is 5.80. The van der Waals surface area contributed by atoms with Crippen LogP contribution in [0, 0.1) is 0 Å². The molecule has 0 aliphatic rings. The van der Waals surface area contributed by atoms with Gasteiger partial charge in [0.1, 0.15) is 0 Å². The van der Waals surface area contributed by atoms with Gasteiger partial charge in [-0.25, -0.2) is 0 Å². The Morgan fingerprint density at radius 3 is 2.17 bits per heavy atom. The summed E-state index contributed by atoms with van der Waals surface area (Å²) in [6.07, 6.45) is 0. The molecule has 3 rings (SSSR count). The second-order valence-electron chi connectivity index (χ2n) is 5.60. The summed E-state index contributed by atoms with van der Waals surface area (Å²) in [4.78, 5) is 0. The zero-order valence-electron chi connectivity index (χ0n) is 13.7. The lowest BCUT2D eigenvalue weighted by atomic mass is 10.1. The largest absolute Gasteiger partial charge is 0.397 e. The number of nitrogen functional groups attached to an aromatic ring is 1. The maximum Gasteiger partial charge on any atom is 0.0571 e. The smallest absolute Gasteiger partial charge is 0.0571 e. The summed E-state index contributed by atoms with van der Waals surface area (Å²) < 4.78 is 0. The Morgan fingerprint density at radius 1 is 0.875 bits per heavy atom. The van der Waals surface area contributed by atoms with E-state index in [-0.39, 0.29) is 0 Å². The predicted molar refractivity (Wildman–Crippen MR) is 105 cm³/mol. The van der Waals surface area contributed by atoms with E-state index in [0.717, 1.165) is 22.6 Å². The average molecular weight is 315 g/mol. The normalized spacial score (nSPS) is 10.2. The third kappa shape index (κ3) is 3.41. The highest BCUT2D eigenvalue weighted by Crippen LogP contribution is 2.26. The van der Waals surface area contributed by atoms with Crippen LogP contribution in [0.4, 0.5) is 17.1 Å². The fraction of sp³-hybridized carbons (Fsp3) is 0.0476. The molecule has 4 N–H and O–H groups in total. The summed E-state index contributed by atoms with van der Waals surface area (Å²) in [5.74, 6) is 0. The first kappa shape index (κ1) is 15.7. The van der Waals surface area contributed by atoms with Gasteiger partial charge >= 0.3 is 0 Å². The molecule has 0 radical (unpaired) electrons. The third-order valence-electron chi connectivity index (χ3n) is 3.96. The zero-order chi connectivity index (χ0) is 16.9. The van der Waals surface area contributed by atoms with Gasteiger partial charge in [-0.1, -0.05) is 55.1 Å². The summed E-state index contributed by atoms with van der Waals surface area (Å²) in [7, 11) is 1.85. The van der Waals surface area contributed by atoms with Crippen molar-refractivity contribution in [2.75, 3.05) is 23.4 Å². The van der Waals surface area contributed by atoms with Gasteiger partial charge in [0.25, 0.3) is 0 Å². The molecule has 0 aromatic heterocycles. The topological polar surface area (TPSA) is 50.1 Å². The van der Waals surface area contributed by atoms with Crippen molar-refractivity contribution in [1.82, 2.24) is 0 Å². The number of benzene rings is 3. The lowest BCUT2D eigenvalue weighted by molar-refractivity contribution is 1.48. The molecule has 0 fully saturated rings. The van der Waals surface area contributed by atoms with Crippen molar-refractivity contribution in [3.05, 3.63) is 84.9 Å². The van der Waals surface area contributed by atoms with Crippen LogP contribution in [0.2, 0.25) is 0 Å². The zero-order valence-corrected chi connectivity index (χ0v) is 13.7. The Hall–Kier alpha value is -3.20. The highest BCUT2D eigenvalue weighted by atomic mass is 14.9. The first-order valence-corrected chi connectivity index (χ1v) is 7.86. The minimum Gasteiger partial charge on any atom is -0.397 e. The Bertz CT molecular complexity index is 837. The van der Waals surface area contributed by atoms with Gasteiger partial charge in [0, 0.05) is 18.4 Å². The number of nitrogens with two attached hydrogens (primary N) is 1. The van der Waals surface area contributed by atoms with Crippen LogP contribution in [-0.2, 0) is 0 Å². The monoisotopic (exact) mass is 315 g/mol. The predicted octanol–water partition coefficient (Wildman–Crippen LogP) is 5.06. The van der Waals surface area contributed by atoms with Gasteiger partial charge < -0.3 is 16.4 Å². The standard InChI is InChI=1S/C21H21N3/c1-15(18-10-13-21(23-2)20(22)14-18)24-19-11-8-17(9-12-19)16-6-4-3-5-7-16/h3-14,23-24H,1,22H2,2H3. The van der Waals surface area contributed by atoms with Gasteiger partial charge in [-0.15, -0.1) is 0 Å². The summed E-state index contributed by atoms with van der Waals surface area (Å²) >= 11 is 0. The third-order valence-corrected chi connectivity index (χ3v) is 3.96. The minimum atomic E-state index is 0.706. The Morgan fingerprint density at radius 2 is 1.54 bits per heavy atom. The number of hydrogen-bond acceptors (Lipinski definition) is 3. The van der Waals surface area contributed by atoms with Gasteiger partial charge in [0.05, 0.1) is 11.4 Å². The highest BCUT2D eigenvalue weighted by Gasteiger charge is 2.04. The summed E-state index contributed by atoms with van der Waals surface area (Å²) in [5, 5.41) is 6.39. The lowest BCUT2D eigenvalue weighted by Crippen LogP contribution is -2.00. The first-order chi connectivity index (χ1) is 11.7. The van der Waals surface area contributed by atoms with Crippen LogP contribution < -0.4 is 16.4 Å². The molecule has 3 aromatic carbocycles. The fourth-order valence-corrected chi connectivity index (χ4v) is 2.60. The summed E-state index contributed by atoms with van der Waals surface area (Å²) in [6.45, 7) is 4.11. The van der Waals surface area contributed by atoms with Crippen LogP contribution in [-0.4, -0.2) is 7.05 Å². The molecule has 0 aliphatic heterocycles. The van der Waals surface area contributed by atoms with E-state index in [1.54, 1.807) is 0 Å². The molecule has 3 heteroatoms. The maximum atomic E-state index is 6.02. The van der Waals surface area contributed by atoms with Crippen molar-refractivity contribution in [3.63, 3.8) is 0 Å². The van der Waals surface area contributed by atoms with Gasteiger partial charge in [0.15, 0.2) is 0 Å². The van der Waals surface area contributed by atoms with Gasteiger partial charge in [-0.05, 0) is 41.0 Å². The van der Waals surface area contributed by atoms with Crippen molar-refractivity contribution in [3.8, 4) is 11.1 Å². The van der Waals surface area contributed by atoms with Crippen LogP contribution in [0.25, 0.3) is 16.8 Å². The Labute approximate surface area is 142 Å². The van der Waals surface area contributed by atoms with Crippen molar-refractivity contribution in [2.24, 2.45) is 0 Å². The van der Waals surface area contributed by atoms with E-state index < -0.39 is 0 Å². The molecule has 0 amide bonds. The second kappa shape index (κ2) is 6.92. The van der Waals surface area contributed by atoms with E-state index >= 15 is 0 Å². The lowest BCUT2D eigenvalue weighted by Gasteiger charge is -2.13. The maximum absolute atomic E-state index is 6.02. The Balaban J connectivity index is 1.74. The number of rotatable bonds is 5. The van der Waals surface area contributed by atoms with Crippen LogP contribution in [0.15, 0.2) is 79.4 Å². The molecule has 0 bridgehead atoms. The molecule has 0 unspecified atom stereocenters. The SMILES string of the molecule is C=C(Nc1ccc(-c2ccccc2)cc1)c1ccc(NC)c(N)c1. The molecule has 0 aliphatic carbocycles. The van der Waals surface area contributed by atoms with Crippen molar-refractivity contribution >= 4 is 22.8 Å². The summed E-state index contributed by atoms with van der Waals surface area (Å²) in [5.41, 5.74) is 12.8. The van der Waals surface area contributed by atoms with Gasteiger partial charge in [-0.2, -0.15) is 0 Å². The quantitative estimate of drug-likeness (QED) is 0.577. The first-order valence-electron chi connectivity index (χ1n) is 7.86. The second-order valence-corrected chi connectivity index (χ2v) is 5.60. The van der Waals surface area contributed by atoms with Gasteiger partial charge in [0.2, 0.25) is 0 Å². The van der Waals surface area contributed by atoms with Crippen LogP contribution in [0.3, 0.4) is 0 Å². The van der Waals surface area contributed by atoms with Crippen LogP contribution in [0.1, 0.15) is 5.56 Å². The minimum absolute atomic E-state index is 0.706. The number of hydrogen-bond donors (Lipinski definition) is 3. The van der Waals surface area contributed by atoms with Crippen molar-refractivity contribution in [2.45, 2.75) is 0 Å². The van der Waals surface area contributed by atoms with Crippen molar-refractivity contribution < 1.29 is 0 Å². The fourth-order valence-electron chi connectivity index (χ4n) is 2.60. The van der Waals surface area contributed by atoms with E-state index in [1.165, 1.54) is 11.1 Å².